The molecular weight excluding hydrogens is 224 g/mol. The van der Waals surface area contributed by atoms with Crippen LogP contribution in [-0.4, -0.2) is 41.3 Å². The first-order valence-electron chi connectivity index (χ1n) is 5.53. The topological polar surface area (TPSA) is 113 Å². The molecule has 0 aliphatic rings. The van der Waals surface area contributed by atoms with E-state index in [1.807, 2.05) is 13.8 Å². The van der Waals surface area contributed by atoms with Gasteiger partial charge in [-0.2, -0.15) is 0 Å². The first-order valence-corrected chi connectivity index (χ1v) is 5.53. The Labute approximate surface area is 102 Å². The SMILES string of the molecule is CC(C)C(N)C(=O)O.CNC(C(=O)O)C(C)C. The van der Waals surface area contributed by atoms with Gasteiger partial charge in [0.05, 0.1) is 0 Å². The average Bonchev–Trinajstić information content (AvgIpc) is 2.16. The maximum Gasteiger partial charge on any atom is 0.320 e. The summed E-state index contributed by atoms with van der Waals surface area (Å²) in [6, 6.07) is -1.13. The smallest absolute Gasteiger partial charge is 0.320 e. The molecule has 2 atom stereocenters. The molecule has 6 heteroatoms. The van der Waals surface area contributed by atoms with E-state index in [-0.39, 0.29) is 11.8 Å². The van der Waals surface area contributed by atoms with E-state index in [0.717, 1.165) is 0 Å². The number of rotatable bonds is 5. The number of likely N-dealkylation sites (N-methyl/N-ethyl adjacent to an activating group) is 1. The zero-order valence-electron chi connectivity index (χ0n) is 11.1. The van der Waals surface area contributed by atoms with Gasteiger partial charge in [0.15, 0.2) is 0 Å². The predicted molar refractivity (Wildman–Crippen MR) is 65.8 cm³/mol. The fraction of sp³-hybridized carbons (Fsp3) is 0.818. The standard InChI is InChI=1S/C6H13NO2.C5H11NO2/c1-4(2)5(7-3)6(8)9;1-3(2)4(6)5(7)8/h4-5,7H,1-3H3,(H,8,9);3-4H,6H2,1-2H3,(H,7,8). The molecule has 0 aliphatic carbocycles. The molecule has 0 aromatic carbocycles. The van der Waals surface area contributed by atoms with Crippen molar-refractivity contribution in [2.45, 2.75) is 39.8 Å². The van der Waals surface area contributed by atoms with Gasteiger partial charge < -0.3 is 21.3 Å². The Morgan fingerprint density at radius 3 is 1.41 bits per heavy atom. The van der Waals surface area contributed by atoms with E-state index in [1.54, 1.807) is 20.9 Å². The highest BCUT2D eigenvalue weighted by atomic mass is 16.4. The van der Waals surface area contributed by atoms with E-state index in [0.29, 0.717) is 0 Å². The van der Waals surface area contributed by atoms with Crippen molar-refractivity contribution >= 4 is 11.9 Å². The van der Waals surface area contributed by atoms with Gasteiger partial charge in [-0.1, -0.05) is 27.7 Å². The number of aliphatic carboxylic acids is 2. The van der Waals surface area contributed by atoms with Crippen LogP contribution in [0.3, 0.4) is 0 Å². The molecule has 0 aromatic heterocycles. The molecule has 0 aliphatic heterocycles. The summed E-state index contributed by atoms with van der Waals surface area (Å²) in [5.74, 6) is -1.55. The number of carboxylic acids is 2. The third kappa shape index (κ3) is 8.65. The second-order valence-corrected chi connectivity index (χ2v) is 4.46. The van der Waals surface area contributed by atoms with Crippen LogP contribution in [0.1, 0.15) is 27.7 Å². The number of nitrogens with two attached hydrogens (primary N) is 1. The third-order valence-corrected chi connectivity index (χ3v) is 2.25. The summed E-state index contributed by atoms with van der Waals surface area (Å²) in [4.78, 5) is 20.3. The van der Waals surface area contributed by atoms with Gasteiger partial charge in [0.25, 0.3) is 0 Å². The lowest BCUT2D eigenvalue weighted by molar-refractivity contribution is -0.141. The normalized spacial score (nSPS) is 13.9. The summed E-state index contributed by atoms with van der Waals surface area (Å²) in [6.45, 7) is 7.29. The van der Waals surface area contributed by atoms with E-state index < -0.39 is 24.0 Å². The van der Waals surface area contributed by atoms with Crippen molar-refractivity contribution in [3.05, 3.63) is 0 Å². The van der Waals surface area contributed by atoms with Crippen LogP contribution in [0.15, 0.2) is 0 Å². The quantitative estimate of drug-likeness (QED) is 0.559. The summed E-state index contributed by atoms with van der Waals surface area (Å²) in [5, 5.41) is 19.4. The Kier molecular flexibility index (Phi) is 9.60. The maximum atomic E-state index is 10.3. The molecule has 0 saturated carbocycles. The molecule has 0 heterocycles. The molecule has 6 nitrogen and oxygen atoms in total. The lowest BCUT2D eigenvalue weighted by Gasteiger charge is -2.13. The van der Waals surface area contributed by atoms with Crippen molar-refractivity contribution in [3.63, 3.8) is 0 Å². The molecular formula is C11H24N2O4. The Bertz CT molecular complexity index is 242. The Morgan fingerprint density at radius 2 is 1.41 bits per heavy atom. The van der Waals surface area contributed by atoms with Crippen LogP contribution in [-0.2, 0) is 9.59 Å². The second-order valence-electron chi connectivity index (χ2n) is 4.46. The summed E-state index contributed by atoms with van der Waals surface area (Å²) >= 11 is 0. The second kappa shape index (κ2) is 8.95. The van der Waals surface area contributed by atoms with Gasteiger partial charge in [0, 0.05) is 0 Å². The van der Waals surface area contributed by atoms with Crippen LogP contribution in [0.25, 0.3) is 0 Å². The first-order chi connectivity index (χ1) is 7.64. The van der Waals surface area contributed by atoms with Crippen LogP contribution in [0.5, 0.6) is 0 Å². The number of hydrogen-bond donors (Lipinski definition) is 4. The Morgan fingerprint density at radius 1 is 1.00 bits per heavy atom. The molecule has 0 fully saturated rings. The fourth-order valence-electron chi connectivity index (χ4n) is 1.03. The van der Waals surface area contributed by atoms with Gasteiger partial charge in [-0.3, -0.25) is 9.59 Å². The van der Waals surface area contributed by atoms with E-state index in [9.17, 15) is 9.59 Å². The summed E-state index contributed by atoms with van der Waals surface area (Å²) < 4.78 is 0. The summed E-state index contributed by atoms with van der Waals surface area (Å²) in [6.07, 6.45) is 0. The molecule has 0 bridgehead atoms. The monoisotopic (exact) mass is 248 g/mol. The first kappa shape index (κ1) is 18.2. The largest absolute Gasteiger partial charge is 0.480 e. The molecule has 0 radical (unpaired) electrons. The van der Waals surface area contributed by atoms with Crippen molar-refractivity contribution in [2.24, 2.45) is 17.6 Å². The summed E-state index contributed by atoms with van der Waals surface area (Å²) in [7, 11) is 1.65. The molecule has 17 heavy (non-hydrogen) atoms. The van der Waals surface area contributed by atoms with Gasteiger partial charge in [-0.05, 0) is 18.9 Å². The number of hydrogen-bond acceptors (Lipinski definition) is 4. The molecule has 2 unspecified atom stereocenters. The number of nitrogens with one attached hydrogen (secondary N) is 1. The predicted octanol–water partition coefficient (Wildman–Crippen LogP) is 0.369. The number of carboxylic acid groups (broad SMARTS) is 2. The van der Waals surface area contributed by atoms with Gasteiger partial charge in [-0.15, -0.1) is 0 Å². The zero-order valence-corrected chi connectivity index (χ0v) is 11.1. The molecule has 0 saturated heterocycles. The molecule has 5 N–H and O–H groups in total. The van der Waals surface area contributed by atoms with Gasteiger partial charge >= 0.3 is 11.9 Å². The molecule has 0 amide bonds. The van der Waals surface area contributed by atoms with Crippen LogP contribution < -0.4 is 11.1 Å². The zero-order chi connectivity index (χ0) is 14.2. The molecule has 0 rings (SSSR count). The highest BCUT2D eigenvalue weighted by Gasteiger charge is 2.17. The molecule has 102 valence electrons. The van der Waals surface area contributed by atoms with Crippen LogP contribution in [0.2, 0.25) is 0 Å². The van der Waals surface area contributed by atoms with Crippen molar-refractivity contribution in [2.75, 3.05) is 7.05 Å². The van der Waals surface area contributed by atoms with Crippen molar-refractivity contribution in [3.8, 4) is 0 Å². The van der Waals surface area contributed by atoms with E-state index in [4.69, 9.17) is 15.9 Å². The minimum Gasteiger partial charge on any atom is -0.480 e. The molecule has 0 spiro atoms. The number of carbonyl (C=O) groups is 2. The van der Waals surface area contributed by atoms with Crippen LogP contribution >= 0.6 is 0 Å². The van der Waals surface area contributed by atoms with Crippen molar-refractivity contribution < 1.29 is 19.8 Å². The minimum absolute atomic E-state index is 0.0208. The Balaban J connectivity index is 0. The van der Waals surface area contributed by atoms with E-state index in [2.05, 4.69) is 5.32 Å². The lowest BCUT2D eigenvalue weighted by Crippen LogP contribution is -2.38. The van der Waals surface area contributed by atoms with E-state index in [1.165, 1.54) is 0 Å². The van der Waals surface area contributed by atoms with Gasteiger partial charge in [-0.25, -0.2) is 0 Å². The van der Waals surface area contributed by atoms with Gasteiger partial charge in [0.1, 0.15) is 12.1 Å². The Hall–Kier alpha value is -1.14. The highest BCUT2D eigenvalue weighted by molar-refractivity contribution is 5.73. The average molecular weight is 248 g/mol. The third-order valence-electron chi connectivity index (χ3n) is 2.25. The minimum atomic E-state index is -0.931. The van der Waals surface area contributed by atoms with E-state index >= 15 is 0 Å². The maximum absolute atomic E-state index is 10.3. The fourth-order valence-corrected chi connectivity index (χ4v) is 1.03. The van der Waals surface area contributed by atoms with Gasteiger partial charge in [0.2, 0.25) is 0 Å². The van der Waals surface area contributed by atoms with Crippen LogP contribution in [0, 0.1) is 11.8 Å². The van der Waals surface area contributed by atoms with Crippen LogP contribution in [0.4, 0.5) is 0 Å². The molecule has 0 aromatic rings. The van der Waals surface area contributed by atoms with Crippen molar-refractivity contribution in [1.82, 2.24) is 5.32 Å². The van der Waals surface area contributed by atoms with Crippen molar-refractivity contribution in [1.29, 1.82) is 0 Å². The summed E-state index contributed by atoms with van der Waals surface area (Å²) in [5.41, 5.74) is 5.16. The lowest BCUT2D eigenvalue weighted by atomic mass is 10.1. The highest BCUT2D eigenvalue weighted by Crippen LogP contribution is 1.99.